The smallest absolute Gasteiger partial charge is 0.217 e. The van der Waals surface area contributed by atoms with Gasteiger partial charge in [-0.05, 0) is 42.0 Å². The molecule has 1 unspecified atom stereocenters. The van der Waals surface area contributed by atoms with Crippen LogP contribution in [0.25, 0.3) is 0 Å². The summed E-state index contributed by atoms with van der Waals surface area (Å²) in [6, 6.07) is 11.8. The molecule has 0 aliphatic rings. The third-order valence-electron chi connectivity index (χ3n) is 3.21. The van der Waals surface area contributed by atoms with E-state index in [9.17, 15) is 14.0 Å². The van der Waals surface area contributed by atoms with Crippen molar-refractivity contribution in [3.63, 3.8) is 0 Å². The molecule has 0 heterocycles. The number of halogens is 2. The number of carbonyl (C=O) groups is 2. The Morgan fingerprint density at radius 3 is 2.23 bits per heavy atom. The van der Waals surface area contributed by atoms with Gasteiger partial charge in [-0.2, -0.15) is 0 Å². The molecule has 5 heteroatoms. The van der Waals surface area contributed by atoms with Crippen molar-refractivity contribution in [3.8, 4) is 0 Å². The summed E-state index contributed by atoms with van der Waals surface area (Å²) in [5.74, 6) is -0.743. The summed E-state index contributed by atoms with van der Waals surface area (Å²) < 4.78 is 13.0. The minimum atomic E-state index is -0.499. The third kappa shape index (κ3) is 4.40. The van der Waals surface area contributed by atoms with E-state index in [1.807, 2.05) is 0 Å². The second kappa shape index (κ2) is 7.18. The average Bonchev–Trinajstić information content (AvgIpc) is 2.47. The SMILES string of the molecule is CC(=O)NC(CC(=O)c1ccc(Cl)cc1)c1ccc(F)cc1. The molecule has 0 fully saturated rings. The molecule has 3 nitrogen and oxygen atoms in total. The highest BCUT2D eigenvalue weighted by atomic mass is 35.5. The highest BCUT2D eigenvalue weighted by Crippen LogP contribution is 2.21. The molecule has 1 amide bonds. The quantitative estimate of drug-likeness (QED) is 0.849. The fourth-order valence-electron chi connectivity index (χ4n) is 2.13. The number of benzene rings is 2. The van der Waals surface area contributed by atoms with E-state index < -0.39 is 6.04 Å². The summed E-state index contributed by atoms with van der Waals surface area (Å²) in [4.78, 5) is 23.7. The monoisotopic (exact) mass is 319 g/mol. The van der Waals surface area contributed by atoms with Crippen LogP contribution in [0.3, 0.4) is 0 Å². The molecule has 0 radical (unpaired) electrons. The molecule has 0 spiro atoms. The van der Waals surface area contributed by atoms with Gasteiger partial charge in [0.15, 0.2) is 5.78 Å². The minimum Gasteiger partial charge on any atom is -0.349 e. The second-order valence-corrected chi connectivity index (χ2v) is 5.38. The standard InChI is InChI=1S/C17H15ClFNO2/c1-11(21)20-16(12-4-8-15(19)9-5-12)10-17(22)13-2-6-14(18)7-3-13/h2-9,16H,10H2,1H3,(H,20,21). The molecule has 1 N–H and O–H groups in total. The highest BCUT2D eigenvalue weighted by molar-refractivity contribution is 6.30. The first kappa shape index (κ1) is 16.2. The van der Waals surface area contributed by atoms with Crippen LogP contribution < -0.4 is 5.32 Å². The van der Waals surface area contributed by atoms with Gasteiger partial charge in [-0.25, -0.2) is 4.39 Å². The lowest BCUT2D eigenvalue weighted by Gasteiger charge is -2.17. The van der Waals surface area contributed by atoms with Crippen LogP contribution in [0.5, 0.6) is 0 Å². The summed E-state index contributed by atoms with van der Waals surface area (Å²) in [7, 11) is 0. The topological polar surface area (TPSA) is 46.2 Å². The molecule has 0 aliphatic carbocycles. The van der Waals surface area contributed by atoms with E-state index in [0.717, 1.165) is 0 Å². The fourth-order valence-corrected chi connectivity index (χ4v) is 2.26. The van der Waals surface area contributed by atoms with Crippen LogP contribution >= 0.6 is 11.6 Å². The van der Waals surface area contributed by atoms with Gasteiger partial charge in [-0.3, -0.25) is 9.59 Å². The molecule has 114 valence electrons. The van der Waals surface area contributed by atoms with E-state index in [1.165, 1.54) is 19.1 Å². The van der Waals surface area contributed by atoms with Crippen molar-refractivity contribution in [2.75, 3.05) is 0 Å². The van der Waals surface area contributed by atoms with E-state index in [0.29, 0.717) is 16.1 Å². The van der Waals surface area contributed by atoms with Gasteiger partial charge in [-0.1, -0.05) is 23.7 Å². The molecule has 0 bridgehead atoms. The predicted octanol–water partition coefficient (Wildman–Crippen LogP) is 3.93. The lowest BCUT2D eigenvalue weighted by Crippen LogP contribution is -2.28. The summed E-state index contributed by atoms with van der Waals surface area (Å²) in [5, 5.41) is 3.27. The molecule has 22 heavy (non-hydrogen) atoms. The zero-order chi connectivity index (χ0) is 16.1. The summed E-state index contributed by atoms with van der Waals surface area (Å²) in [6.45, 7) is 1.38. The molecular weight excluding hydrogens is 305 g/mol. The first-order chi connectivity index (χ1) is 10.5. The van der Waals surface area contributed by atoms with E-state index >= 15 is 0 Å². The normalized spacial score (nSPS) is 11.8. The summed E-state index contributed by atoms with van der Waals surface area (Å²) in [6.07, 6.45) is 0.0901. The highest BCUT2D eigenvalue weighted by Gasteiger charge is 2.18. The van der Waals surface area contributed by atoms with Crippen LogP contribution in [-0.4, -0.2) is 11.7 Å². The zero-order valence-electron chi connectivity index (χ0n) is 12.0. The number of hydrogen-bond donors (Lipinski definition) is 1. The Morgan fingerprint density at radius 1 is 1.09 bits per heavy atom. The Labute approximate surface area is 133 Å². The molecule has 0 aliphatic heterocycles. The second-order valence-electron chi connectivity index (χ2n) is 4.94. The Hall–Kier alpha value is -2.20. The Morgan fingerprint density at radius 2 is 1.68 bits per heavy atom. The fraction of sp³-hybridized carbons (Fsp3) is 0.176. The van der Waals surface area contributed by atoms with E-state index in [1.54, 1.807) is 36.4 Å². The van der Waals surface area contributed by atoms with Crippen molar-refractivity contribution in [1.82, 2.24) is 5.32 Å². The average molecular weight is 320 g/mol. The van der Waals surface area contributed by atoms with Crippen LogP contribution in [0.15, 0.2) is 48.5 Å². The van der Waals surface area contributed by atoms with Crippen LogP contribution in [0.1, 0.15) is 35.3 Å². The predicted molar refractivity (Wildman–Crippen MR) is 83.4 cm³/mol. The van der Waals surface area contributed by atoms with Gasteiger partial charge in [-0.15, -0.1) is 0 Å². The number of nitrogens with one attached hydrogen (secondary N) is 1. The van der Waals surface area contributed by atoms with Crippen molar-refractivity contribution >= 4 is 23.3 Å². The number of hydrogen-bond acceptors (Lipinski definition) is 2. The van der Waals surface area contributed by atoms with E-state index in [-0.39, 0.29) is 23.9 Å². The number of Topliss-reactive ketones (excluding diaryl/α,β-unsaturated/α-hetero) is 1. The maximum Gasteiger partial charge on any atom is 0.217 e. The van der Waals surface area contributed by atoms with Gasteiger partial charge in [0.1, 0.15) is 5.82 Å². The maximum absolute atomic E-state index is 13.0. The first-order valence-corrected chi connectivity index (χ1v) is 7.15. The van der Waals surface area contributed by atoms with Gasteiger partial charge in [0, 0.05) is 23.9 Å². The summed E-state index contributed by atoms with van der Waals surface area (Å²) >= 11 is 5.80. The molecule has 0 saturated heterocycles. The van der Waals surface area contributed by atoms with Gasteiger partial charge in [0.25, 0.3) is 0 Å². The van der Waals surface area contributed by atoms with Crippen LogP contribution in [-0.2, 0) is 4.79 Å². The Bertz CT molecular complexity index is 668. The Kier molecular flexibility index (Phi) is 5.28. The van der Waals surface area contributed by atoms with Crippen molar-refractivity contribution in [1.29, 1.82) is 0 Å². The third-order valence-corrected chi connectivity index (χ3v) is 3.46. The van der Waals surface area contributed by atoms with Crippen LogP contribution in [0.2, 0.25) is 5.02 Å². The largest absolute Gasteiger partial charge is 0.349 e. The van der Waals surface area contributed by atoms with Crippen molar-refractivity contribution < 1.29 is 14.0 Å². The Balaban J connectivity index is 2.19. The number of carbonyl (C=O) groups excluding carboxylic acids is 2. The van der Waals surface area contributed by atoms with E-state index in [2.05, 4.69) is 5.32 Å². The van der Waals surface area contributed by atoms with Crippen molar-refractivity contribution in [2.24, 2.45) is 0 Å². The summed E-state index contributed by atoms with van der Waals surface area (Å²) in [5.41, 5.74) is 1.20. The molecule has 1 atom stereocenters. The first-order valence-electron chi connectivity index (χ1n) is 6.77. The number of amides is 1. The molecule has 0 aromatic heterocycles. The molecule has 2 aromatic rings. The number of rotatable bonds is 5. The van der Waals surface area contributed by atoms with Crippen molar-refractivity contribution in [2.45, 2.75) is 19.4 Å². The molecular formula is C17H15ClFNO2. The van der Waals surface area contributed by atoms with Gasteiger partial charge in [0.05, 0.1) is 6.04 Å². The zero-order valence-corrected chi connectivity index (χ0v) is 12.7. The van der Waals surface area contributed by atoms with Gasteiger partial charge in [0.2, 0.25) is 5.91 Å². The minimum absolute atomic E-state index is 0.0901. The van der Waals surface area contributed by atoms with Gasteiger partial charge >= 0.3 is 0 Å². The molecule has 0 saturated carbocycles. The van der Waals surface area contributed by atoms with Crippen LogP contribution in [0.4, 0.5) is 4.39 Å². The van der Waals surface area contributed by atoms with E-state index in [4.69, 9.17) is 11.6 Å². The lowest BCUT2D eigenvalue weighted by atomic mass is 9.98. The van der Waals surface area contributed by atoms with Gasteiger partial charge < -0.3 is 5.32 Å². The maximum atomic E-state index is 13.0. The lowest BCUT2D eigenvalue weighted by molar-refractivity contribution is -0.119. The molecule has 2 aromatic carbocycles. The van der Waals surface area contributed by atoms with Crippen molar-refractivity contribution in [3.05, 3.63) is 70.5 Å². The van der Waals surface area contributed by atoms with Crippen LogP contribution in [0, 0.1) is 5.82 Å². The molecule has 2 rings (SSSR count). The number of ketones is 1.